The number of carbonyl (C=O) groups is 1. The van der Waals surface area contributed by atoms with Crippen LogP contribution < -0.4 is 4.90 Å². The van der Waals surface area contributed by atoms with Gasteiger partial charge in [-0.3, -0.25) is 0 Å². The number of amides is 1. The van der Waals surface area contributed by atoms with E-state index in [0.717, 1.165) is 43.2 Å². The molecule has 0 unspecified atom stereocenters. The van der Waals surface area contributed by atoms with E-state index in [1.807, 2.05) is 40.0 Å². The largest absolute Gasteiger partial charge is 0.444 e. The predicted molar refractivity (Wildman–Crippen MR) is 93.1 cm³/mol. The van der Waals surface area contributed by atoms with Crippen molar-refractivity contribution < 1.29 is 9.53 Å². The second-order valence-electron chi connectivity index (χ2n) is 7.40. The van der Waals surface area contributed by atoms with Gasteiger partial charge in [0.05, 0.1) is 5.52 Å². The van der Waals surface area contributed by atoms with Crippen LogP contribution in [0.3, 0.4) is 0 Å². The van der Waals surface area contributed by atoms with Crippen molar-refractivity contribution in [3.8, 4) is 0 Å². The summed E-state index contributed by atoms with van der Waals surface area (Å²) >= 11 is 0. The van der Waals surface area contributed by atoms with E-state index in [1.54, 1.807) is 11.1 Å². The maximum Gasteiger partial charge on any atom is 0.410 e. The fraction of sp³-hybridized carbons (Fsp3) is 0.588. The van der Waals surface area contributed by atoms with Crippen molar-refractivity contribution >= 4 is 23.2 Å². The third kappa shape index (κ3) is 3.77. The van der Waals surface area contributed by atoms with Crippen molar-refractivity contribution in [1.82, 2.24) is 19.9 Å². The molecule has 0 bridgehead atoms. The van der Waals surface area contributed by atoms with Crippen molar-refractivity contribution in [2.45, 2.75) is 32.8 Å². The van der Waals surface area contributed by atoms with Crippen molar-refractivity contribution in [3.05, 3.63) is 18.3 Å². The number of aromatic amines is 1. The van der Waals surface area contributed by atoms with E-state index in [-0.39, 0.29) is 6.09 Å². The number of rotatable bonds is 3. The fourth-order valence-electron chi connectivity index (χ4n) is 2.96. The van der Waals surface area contributed by atoms with E-state index in [2.05, 4.69) is 19.9 Å². The Hall–Kier alpha value is -2.31. The summed E-state index contributed by atoms with van der Waals surface area (Å²) in [6, 6.07) is 3.85. The predicted octanol–water partition coefficient (Wildman–Crippen LogP) is 2.65. The van der Waals surface area contributed by atoms with Crippen molar-refractivity contribution in [2.75, 3.05) is 31.6 Å². The van der Waals surface area contributed by atoms with E-state index in [4.69, 9.17) is 4.74 Å². The molecule has 3 rings (SSSR count). The first kappa shape index (κ1) is 16.5. The topological polar surface area (TPSA) is 74.3 Å². The van der Waals surface area contributed by atoms with Gasteiger partial charge in [-0.1, -0.05) is 0 Å². The molecule has 1 amide bonds. The number of H-pyrrole nitrogens is 1. The molecule has 3 heterocycles. The first-order valence-corrected chi connectivity index (χ1v) is 8.31. The number of pyridine rings is 1. The Bertz CT molecular complexity index is 688. The summed E-state index contributed by atoms with van der Waals surface area (Å²) in [6.45, 7) is 7.97. The number of hydrogen-bond acceptors (Lipinski definition) is 5. The molecule has 0 radical (unpaired) electrons. The minimum Gasteiger partial charge on any atom is -0.444 e. The Kier molecular flexibility index (Phi) is 4.34. The van der Waals surface area contributed by atoms with E-state index in [0.29, 0.717) is 5.92 Å². The van der Waals surface area contributed by atoms with E-state index in [1.165, 1.54) is 0 Å². The monoisotopic (exact) mass is 331 g/mol. The Labute approximate surface area is 142 Å². The van der Waals surface area contributed by atoms with Crippen LogP contribution in [0.1, 0.15) is 27.2 Å². The number of likely N-dealkylation sites (tertiary alicyclic amines) is 1. The van der Waals surface area contributed by atoms with Crippen LogP contribution in [0.15, 0.2) is 18.3 Å². The molecule has 1 saturated heterocycles. The molecular formula is C17H25N5O2. The molecule has 2 aromatic rings. The number of nitrogens with zero attached hydrogens (tertiary/aromatic N) is 4. The van der Waals surface area contributed by atoms with Crippen LogP contribution in [0.2, 0.25) is 0 Å². The number of ether oxygens (including phenoxy) is 1. The average molecular weight is 331 g/mol. The summed E-state index contributed by atoms with van der Waals surface area (Å²) in [4.78, 5) is 28.1. The summed E-state index contributed by atoms with van der Waals surface area (Å²) in [6.07, 6.45) is 2.49. The van der Waals surface area contributed by atoms with Crippen LogP contribution in [0, 0.1) is 5.92 Å². The second kappa shape index (κ2) is 6.30. The number of carbonyl (C=O) groups excluding carboxylic acids is 1. The van der Waals surface area contributed by atoms with Gasteiger partial charge >= 0.3 is 6.09 Å². The van der Waals surface area contributed by atoms with Gasteiger partial charge in [-0.2, -0.15) is 4.98 Å². The lowest BCUT2D eigenvalue weighted by Gasteiger charge is -2.25. The summed E-state index contributed by atoms with van der Waals surface area (Å²) in [5.74, 6) is 1.21. The van der Waals surface area contributed by atoms with Gasteiger partial charge in [0.2, 0.25) is 5.95 Å². The third-order valence-corrected chi connectivity index (χ3v) is 4.08. The Morgan fingerprint density at radius 3 is 3.00 bits per heavy atom. The zero-order valence-corrected chi connectivity index (χ0v) is 14.7. The molecule has 1 aliphatic rings. The zero-order valence-electron chi connectivity index (χ0n) is 14.7. The Morgan fingerprint density at radius 2 is 2.29 bits per heavy atom. The first-order chi connectivity index (χ1) is 11.3. The van der Waals surface area contributed by atoms with Crippen LogP contribution in [-0.2, 0) is 4.74 Å². The SMILES string of the molecule is CN(C[C@H]1CCN(C(=O)OC(C)(C)C)C1)c1nc2ncccc2[nH]1. The van der Waals surface area contributed by atoms with Crippen LogP contribution in [-0.4, -0.2) is 58.2 Å². The van der Waals surface area contributed by atoms with E-state index < -0.39 is 5.60 Å². The van der Waals surface area contributed by atoms with Gasteiger partial charge in [0.1, 0.15) is 5.60 Å². The maximum atomic E-state index is 12.1. The number of hydrogen-bond donors (Lipinski definition) is 1. The van der Waals surface area contributed by atoms with Gasteiger partial charge in [-0.05, 0) is 45.2 Å². The molecule has 1 N–H and O–H groups in total. The Morgan fingerprint density at radius 1 is 1.50 bits per heavy atom. The number of aromatic nitrogens is 3. The van der Waals surface area contributed by atoms with E-state index >= 15 is 0 Å². The van der Waals surface area contributed by atoms with Crippen LogP contribution in [0.5, 0.6) is 0 Å². The second-order valence-corrected chi connectivity index (χ2v) is 7.40. The number of anilines is 1. The quantitative estimate of drug-likeness (QED) is 0.936. The maximum absolute atomic E-state index is 12.1. The highest BCUT2D eigenvalue weighted by Crippen LogP contribution is 2.22. The summed E-state index contributed by atoms with van der Waals surface area (Å²) in [7, 11) is 2.01. The van der Waals surface area contributed by atoms with Gasteiger partial charge in [0.15, 0.2) is 5.65 Å². The summed E-state index contributed by atoms with van der Waals surface area (Å²) in [5, 5.41) is 0. The van der Waals surface area contributed by atoms with Gasteiger partial charge in [-0.15, -0.1) is 0 Å². The molecule has 130 valence electrons. The lowest BCUT2D eigenvalue weighted by molar-refractivity contribution is 0.0288. The van der Waals surface area contributed by atoms with Gasteiger partial charge in [-0.25, -0.2) is 9.78 Å². The summed E-state index contributed by atoms with van der Waals surface area (Å²) in [5.41, 5.74) is 1.20. The van der Waals surface area contributed by atoms with E-state index in [9.17, 15) is 4.79 Å². The number of nitrogens with one attached hydrogen (secondary N) is 1. The molecule has 1 atom stereocenters. The highest BCUT2D eigenvalue weighted by molar-refractivity contribution is 5.73. The minimum atomic E-state index is -0.451. The van der Waals surface area contributed by atoms with Crippen LogP contribution >= 0.6 is 0 Å². The minimum absolute atomic E-state index is 0.222. The molecule has 0 saturated carbocycles. The molecule has 7 heteroatoms. The molecule has 24 heavy (non-hydrogen) atoms. The molecular weight excluding hydrogens is 306 g/mol. The molecule has 7 nitrogen and oxygen atoms in total. The Balaban J connectivity index is 1.57. The van der Waals surface area contributed by atoms with Crippen molar-refractivity contribution in [1.29, 1.82) is 0 Å². The highest BCUT2D eigenvalue weighted by Gasteiger charge is 2.30. The van der Waals surface area contributed by atoms with Crippen molar-refractivity contribution in [3.63, 3.8) is 0 Å². The van der Waals surface area contributed by atoms with Crippen molar-refractivity contribution in [2.24, 2.45) is 5.92 Å². The van der Waals surface area contributed by atoms with Crippen LogP contribution in [0.25, 0.3) is 11.2 Å². The average Bonchev–Trinajstić information content (AvgIpc) is 3.11. The van der Waals surface area contributed by atoms with Gasteiger partial charge in [0, 0.05) is 32.9 Å². The smallest absolute Gasteiger partial charge is 0.410 e. The van der Waals surface area contributed by atoms with Gasteiger partial charge < -0.3 is 19.5 Å². The molecule has 1 aliphatic heterocycles. The molecule has 0 aliphatic carbocycles. The lowest BCUT2D eigenvalue weighted by atomic mass is 10.1. The normalized spacial score (nSPS) is 18.2. The zero-order chi connectivity index (χ0) is 17.3. The lowest BCUT2D eigenvalue weighted by Crippen LogP contribution is -2.36. The van der Waals surface area contributed by atoms with Crippen LogP contribution in [0.4, 0.5) is 10.7 Å². The third-order valence-electron chi connectivity index (χ3n) is 4.08. The standard InChI is InChI=1S/C17H25N5O2/c1-17(2,3)24-16(23)22-9-7-12(11-22)10-21(4)15-19-13-6-5-8-18-14(13)20-15/h5-6,8,12H,7,9-11H2,1-4H3,(H,18,19,20)/t12-/m1/s1. The molecule has 0 spiro atoms. The number of imidazole rings is 1. The fourth-order valence-corrected chi connectivity index (χ4v) is 2.96. The first-order valence-electron chi connectivity index (χ1n) is 8.31. The summed E-state index contributed by atoms with van der Waals surface area (Å²) < 4.78 is 5.45. The highest BCUT2D eigenvalue weighted by atomic mass is 16.6. The molecule has 0 aromatic carbocycles. The molecule has 2 aromatic heterocycles. The van der Waals surface area contributed by atoms with Gasteiger partial charge in [0.25, 0.3) is 0 Å². The molecule has 1 fully saturated rings. The number of fused-ring (bicyclic) bond motifs is 1.